The molecule has 0 unspecified atom stereocenters. The smallest absolute Gasteiger partial charge is 0.259 e. The molecule has 2 aromatic rings. The number of nitrogens with zero attached hydrogens (tertiary/aromatic N) is 2. The summed E-state index contributed by atoms with van der Waals surface area (Å²) in [6, 6.07) is 12.1. The van der Waals surface area contributed by atoms with Gasteiger partial charge in [-0.3, -0.25) is 9.59 Å². The second-order valence-corrected chi connectivity index (χ2v) is 7.99. The van der Waals surface area contributed by atoms with Crippen LogP contribution in [0.5, 0.6) is 0 Å². The average molecular weight is 385 g/mol. The monoisotopic (exact) mass is 384 g/mol. The molecular formula is C21H24N2O3S. The van der Waals surface area contributed by atoms with Crippen molar-refractivity contribution in [2.75, 3.05) is 25.0 Å². The maximum Gasteiger partial charge on any atom is 0.259 e. The Morgan fingerprint density at radius 1 is 1.11 bits per heavy atom. The predicted molar refractivity (Wildman–Crippen MR) is 107 cm³/mol. The van der Waals surface area contributed by atoms with Crippen LogP contribution < -0.4 is 4.90 Å². The molecule has 2 amide bonds. The number of unbranched alkanes of at least 4 members (excludes halogenated alkanes) is 1. The third kappa shape index (κ3) is 3.54. The van der Waals surface area contributed by atoms with E-state index in [0.29, 0.717) is 39.7 Å². The van der Waals surface area contributed by atoms with Gasteiger partial charge in [-0.25, -0.2) is 4.21 Å². The van der Waals surface area contributed by atoms with Crippen molar-refractivity contribution in [3.63, 3.8) is 0 Å². The van der Waals surface area contributed by atoms with Gasteiger partial charge in [-0.05, 0) is 43.7 Å². The van der Waals surface area contributed by atoms with Crippen LogP contribution >= 0.6 is 0 Å². The van der Waals surface area contributed by atoms with Crippen molar-refractivity contribution in [3.8, 4) is 0 Å². The molecule has 2 aromatic carbocycles. The van der Waals surface area contributed by atoms with Crippen LogP contribution in [0, 0.1) is 0 Å². The third-order valence-electron chi connectivity index (χ3n) is 4.77. The minimum Gasteiger partial charge on any atom is -0.342 e. The molecule has 1 heterocycles. The summed E-state index contributed by atoms with van der Waals surface area (Å²) in [5, 5.41) is 0. The Bertz CT molecular complexity index is 910. The average Bonchev–Trinajstić information content (AvgIpc) is 2.79. The largest absolute Gasteiger partial charge is 0.342 e. The molecule has 0 spiro atoms. The van der Waals surface area contributed by atoms with Crippen LogP contribution in [0.4, 0.5) is 5.69 Å². The highest BCUT2D eigenvalue weighted by molar-refractivity contribution is 7.85. The van der Waals surface area contributed by atoms with Gasteiger partial charge in [-0.2, -0.15) is 0 Å². The van der Waals surface area contributed by atoms with E-state index in [-0.39, 0.29) is 11.8 Å². The molecule has 142 valence electrons. The molecule has 1 aliphatic rings. The standard InChI is InChI=1S/C21H24N2O3S/c1-4-6-13-22(3)20(24)15-11-12-19-17(14-15)23(5-2)21(25)16-9-7-8-10-18(16)27(19)26/h7-12,14H,4-6,13H2,1-3H3/t27-/m1/s1. The highest BCUT2D eigenvalue weighted by Gasteiger charge is 2.30. The minimum absolute atomic E-state index is 0.0951. The first-order valence-electron chi connectivity index (χ1n) is 9.21. The minimum atomic E-state index is -1.47. The van der Waals surface area contributed by atoms with Crippen LogP contribution in [0.2, 0.25) is 0 Å². The molecule has 0 aliphatic carbocycles. The van der Waals surface area contributed by atoms with E-state index in [1.807, 2.05) is 6.92 Å². The van der Waals surface area contributed by atoms with E-state index < -0.39 is 10.8 Å². The molecule has 0 saturated heterocycles. The van der Waals surface area contributed by atoms with E-state index in [1.165, 1.54) is 0 Å². The van der Waals surface area contributed by atoms with Gasteiger partial charge in [0.05, 0.1) is 31.8 Å². The molecule has 27 heavy (non-hydrogen) atoms. The van der Waals surface area contributed by atoms with E-state index in [4.69, 9.17) is 0 Å². The lowest BCUT2D eigenvalue weighted by molar-refractivity contribution is 0.0792. The fourth-order valence-electron chi connectivity index (χ4n) is 3.23. The molecule has 0 radical (unpaired) electrons. The number of carbonyl (C=O) groups is 2. The molecule has 1 atom stereocenters. The number of anilines is 1. The summed E-state index contributed by atoms with van der Waals surface area (Å²) in [4.78, 5) is 30.1. The second kappa shape index (κ2) is 8.05. The van der Waals surface area contributed by atoms with E-state index >= 15 is 0 Å². The molecular weight excluding hydrogens is 360 g/mol. The molecule has 0 bridgehead atoms. The van der Waals surface area contributed by atoms with E-state index in [9.17, 15) is 13.8 Å². The predicted octanol–water partition coefficient (Wildman–Crippen LogP) is 3.71. The summed E-state index contributed by atoms with van der Waals surface area (Å²) >= 11 is 0. The van der Waals surface area contributed by atoms with Gasteiger partial charge < -0.3 is 9.80 Å². The third-order valence-corrected chi connectivity index (χ3v) is 6.27. The van der Waals surface area contributed by atoms with Crippen LogP contribution in [0.25, 0.3) is 0 Å². The lowest BCUT2D eigenvalue weighted by Gasteiger charge is -2.23. The van der Waals surface area contributed by atoms with Crippen molar-refractivity contribution in [2.24, 2.45) is 0 Å². The zero-order valence-corrected chi connectivity index (χ0v) is 16.7. The zero-order valence-electron chi connectivity index (χ0n) is 15.9. The summed E-state index contributed by atoms with van der Waals surface area (Å²) in [6.45, 7) is 5.07. The van der Waals surface area contributed by atoms with Gasteiger partial charge in [0.1, 0.15) is 0 Å². The normalized spacial score (nSPS) is 15.7. The van der Waals surface area contributed by atoms with E-state index in [2.05, 4.69) is 6.92 Å². The van der Waals surface area contributed by atoms with Gasteiger partial charge in [0.15, 0.2) is 0 Å². The molecule has 0 N–H and O–H groups in total. The van der Waals surface area contributed by atoms with Gasteiger partial charge in [-0.15, -0.1) is 0 Å². The van der Waals surface area contributed by atoms with Gasteiger partial charge in [0, 0.05) is 25.7 Å². The van der Waals surface area contributed by atoms with Crippen molar-refractivity contribution in [1.29, 1.82) is 0 Å². The summed E-state index contributed by atoms with van der Waals surface area (Å²) < 4.78 is 13.1. The first-order valence-corrected chi connectivity index (χ1v) is 10.4. The highest BCUT2D eigenvalue weighted by atomic mass is 32.2. The number of carbonyl (C=O) groups excluding carboxylic acids is 2. The number of hydrogen-bond acceptors (Lipinski definition) is 3. The van der Waals surface area contributed by atoms with Gasteiger partial charge in [-0.1, -0.05) is 25.5 Å². The van der Waals surface area contributed by atoms with Gasteiger partial charge in [0.25, 0.3) is 11.8 Å². The van der Waals surface area contributed by atoms with Crippen LogP contribution in [-0.2, 0) is 10.8 Å². The molecule has 0 fully saturated rings. The topological polar surface area (TPSA) is 57.7 Å². The molecule has 6 heteroatoms. The summed E-state index contributed by atoms with van der Waals surface area (Å²) in [7, 11) is 0.303. The number of hydrogen-bond donors (Lipinski definition) is 0. The summed E-state index contributed by atoms with van der Waals surface area (Å²) in [6.07, 6.45) is 1.95. The lowest BCUT2D eigenvalue weighted by Crippen LogP contribution is -2.31. The maximum atomic E-state index is 13.1. The molecule has 0 saturated carbocycles. The first kappa shape index (κ1) is 19.3. The fraction of sp³-hybridized carbons (Fsp3) is 0.333. The first-order chi connectivity index (χ1) is 13.0. The van der Waals surface area contributed by atoms with Crippen molar-refractivity contribution in [1.82, 2.24) is 4.90 Å². The highest BCUT2D eigenvalue weighted by Crippen LogP contribution is 2.35. The molecule has 3 rings (SSSR count). The second-order valence-electron chi connectivity index (χ2n) is 6.58. The van der Waals surface area contributed by atoms with Crippen LogP contribution in [0.15, 0.2) is 52.3 Å². The van der Waals surface area contributed by atoms with E-state index in [1.54, 1.807) is 59.3 Å². The summed E-state index contributed by atoms with van der Waals surface area (Å²) in [5.41, 5.74) is 1.50. The van der Waals surface area contributed by atoms with Crippen molar-refractivity contribution >= 4 is 28.3 Å². The van der Waals surface area contributed by atoms with Crippen molar-refractivity contribution in [2.45, 2.75) is 36.5 Å². The number of amides is 2. The van der Waals surface area contributed by atoms with Crippen LogP contribution in [-0.4, -0.2) is 41.1 Å². The lowest BCUT2D eigenvalue weighted by atomic mass is 10.1. The Kier molecular flexibility index (Phi) is 5.75. The van der Waals surface area contributed by atoms with Gasteiger partial charge >= 0.3 is 0 Å². The van der Waals surface area contributed by atoms with Crippen LogP contribution in [0.1, 0.15) is 47.4 Å². The number of fused-ring (bicyclic) bond motifs is 2. The van der Waals surface area contributed by atoms with Gasteiger partial charge in [0.2, 0.25) is 0 Å². The molecule has 1 aliphatic heterocycles. The Balaban J connectivity index is 2.07. The Hall–Kier alpha value is -2.47. The Morgan fingerprint density at radius 2 is 1.85 bits per heavy atom. The van der Waals surface area contributed by atoms with Crippen molar-refractivity contribution < 1.29 is 13.8 Å². The molecule has 5 nitrogen and oxygen atoms in total. The Morgan fingerprint density at radius 3 is 2.56 bits per heavy atom. The van der Waals surface area contributed by atoms with E-state index in [0.717, 1.165) is 12.8 Å². The van der Waals surface area contributed by atoms with Crippen molar-refractivity contribution in [3.05, 3.63) is 53.6 Å². The quantitative estimate of drug-likeness (QED) is 0.790. The Labute approximate surface area is 162 Å². The number of benzene rings is 2. The zero-order chi connectivity index (χ0) is 19.6. The maximum absolute atomic E-state index is 13.1. The SMILES string of the molecule is CCCCN(C)C(=O)c1ccc2c(c1)N(CC)C(=O)c1ccccc1[S@]2=O. The summed E-state index contributed by atoms with van der Waals surface area (Å²) in [5.74, 6) is -0.286. The molecule has 0 aromatic heterocycles. The number of rotatable bonds is 5. The van der Waals surface area contributed by atoms with Crippen LogP contribution in [0.3, 0.4) is 0 Å². The fourth-order valence-corrected chi connectivity index (χ4v) is 4.57.